The molecule has 0 aromatic rings. The highest BCUT2D eigenvalue weighted by molar-refractivity contribution is 5.48. The maximum atomic E-state index is 7.14. The number of rotatable bonds is 4. The first-order valence-corrected chi connectivity index (χ1v) is 20.7. The Hall–Kier alpha value is -4.12. The lowest BCUT2D eigenvalue weighted by Gasteiger charge is -2.55. The van der Waals surface area contributed by atoms with Crippen LogP contribution < -0.4 is 5.32 Å². The monoisotopic (exact) mass is 700 g/mol. The summed E-state index contributed by atoms with van der Waals surface area (Å²) in [5, 5.41) is 3.79. The number of hydrogen-bond acceptors (Lipinski definition) is 4. The third-order valence-corrected chi connectivity index (χ3v) is 14.5. The van der Waals surface area contributed by atoms with Crippen molar-refractivity contribution in [2.24, 2.45) is 53.3 Å². The van der Waals surface area contributed by atoms with E-state index in [1.54, 1.807) is 5.57 Å². The number of nitrogens with one attached hydrogen (secondary N) is 1. The van der Waals surface area contributed by atoms with Gasteiger partial charge in [-0.3, -0.25) is 0 Å². The van der Waals surface area contributed by atoms with Crippen LogP contribution in [-0.2, 0) is 9.47 Å². The average Bonchev–Trinajstić information content (AvgIpc) is 3.56. The zero-order valence-corrected chi connectivity index (χ0v) is 30.6. The first kappa shape index (κ1) is 32.3. The van der Waals surface area contributed by atoms with E-state index in [-0.39, 0.29) is 12.2 Å². The lowest BCUT2D eigenvalue weighted by Crippen LogP contribution is -2.54. The summed E-state index contributed by atoms with van der Waals surface area (Å²) in [5.74, 6) is 5.81. The molecular formula is C49H52N2O2. The molecule has 4 aliphatic heterocycles. The molecule has 14 unspecified atom stereocenters. The normalized spacial score (nSPS) is 43.9. The Kier molecular flexibility index (Phi) is 8.12. The standard InChI is InChI=1S/C49H52N2O2/c1-2-13-33(14-3-1)51-41-20-7-4-15-35(41)36-26-24-31(29-42(36)51)34-18-12-23-45-48(34)49(38-17-6-9-22-44(38)52-45)47-37-16-5-8-21-43(37)53-46-30-32(25-27-39(46)47)40-19-10-11-28-50-40/h1-2,4-13,15-16,20-27,29,32,34-43,46-47,49-50H,3,14,17-19,28,30H2. The highest BCUT2D eigenvalue weighted by Crippen LogP contribution is 2.58. The smallest absolute Gasteiger partial charge is 0.126 e. The summed E-state index contributed by atoms with van der Waals surface area (Å²) in [7, 11) is 0. The van der Waals surface area contributed by atoms with Gasteiger partial charge < -0.3 is 19.7 Å². The molecule has 1 N–H and O–H groups in total. The molecule has 2 saturated heterocycles. The minimum atomic E-state index is 0.109. The number of allylic oxidation sites excluding steroid dienone is 17. The fourth-order valence-corrected chi connectivity index (χ4v) is 12.3. The van der Waals surface area contributed by atoms with Crippen LogP contribution in [0.2, 0.25) is 0 Å². The van der Waals surface area contributed by atoms with E-state index in [0.717, 1.165) is 56.6 Å². The van der Waals surface area contributed by atoms with Crippen molar-refractivity contribution in [1.29, 1.82) is 0 Å². The van der Waals surface area contributed by atoms with Crippen molar-refractivity contribution in [3.63, 3.8) is 0 Å². The predicted octanol–water partition coefficient (Wildman–Crippen LogP) is 9.30. The van der Waals surface area contributed by atoms with Gasteiger partial charge in [0.25, 0.3) is 0 Å². The minimum absolute atomic E-state index is 0.109. The maximum Gasteiger partial charge on any atom is 0.126 e. The van der Waals surface area contributed by atoms with Crippen LogP contribution in [0.1, 0.15) is 38.5 Å². The molecule has 0 bridgehead atoms. The van der Waals surface area contributed by atoms with E-state index in [2.05, 4.69) is 150 Å². The SMILES string of the molecule is C1=CCCC(N2C3C=CC=CC3C3C=CC(C4CC=CC5=C4C(C4C6C=CC=CC6OC6CC(C7CC=CCN7)C=CC64)C4CC=CC=C4O5)=CC32)=C1. The highest BCUT2D eigenvalue weighted by atomic mass is 16.5. The summed E-state index contributed by atoms with van der Waals surface area (Å²) in [6.45, 7) is 0.968. The summed E-state index contributed by atoms with van der Waals surface area (Å²) in [5.41, 5.74) is 4.52. The Bertz CT molecular complexity index is 1950. The molecule has 0 radical (unpaired) electrons. The zero-order chi connectivity index (χ0) is 34.9. The van der Waals surface area contributed by atoms with Crippen LogP contribution in [0.4, 0.5) is 0 Å². The molecule has 4 heteroatoms. The topological polar surface area (TPSA) is 33.7 Å². The molecule has 0 spiro atoms. The van der Waals surface area contributed by atoms with Gasteiger partial charge in [-0.05, 0) is 85.7 Å². The largest absolute Gasteiger partial charge is 0.461 e. The van der Waals surface area contributed by atoms with Gasteiger partial charge in [-0.25, -0.2) is 0 Å². The maximum absolute atomic E-state index is 7.14. The molecule has 11 aliphatic rings. The second kappa shape index (κ2) is 13.3. The van der Waals surface area contributed by atoms with Crippen LogP contribution in [0.3, 0.4) is 0 Å². The van der Waals surface area contributed by atoms with Crippen molar-refractivity contribution < 1.29 is 9.47 Å². The van der Waals surface area contributed by atoms with Crippen molar-refractivity contribution in [2.45, 2.75) is 68.9 Å². The Balaban J connectivity index is 1.00. The molecule has 4 nitrogen and oxygen atoms in total. The van der Waals surface area contributed by atoms with Crippen LogP contribution >= 0.6 is 0 Å². The molecule has 270 valence electrons. The summed E-state index contributed by atoms with van der Waals surface area (Å²) in [4.78, 5) is 2.78. The molecule has 0 saturated carbocycles. The molecule has 4 heterocycles. The number of likely N-dealkylation sites (tertiary alicyclic amines) is 1. The van der Waals surface area contributed by atoms with Crippen molar-refractivity contribution >= 4 is 0 Å². The predicted molar refractivity (Wildman–Crippen MR) is 213 cm³/mol. The number of nitrogens with zero attached hydrogens (tertiary/aromatic N) is 1. The molecule has 0 aromatic heterocycles. The quantitative estimate of drug-likeness (QED) is 0.297. The zero-order valence-electron chi connectivity index (χ0n) is 30.6. The van der Waals surface area contributed by atoms with Gasteiger partial charge in [-0.2, -0.15) is 0 Å². The van der Waals surface area contributed by atoms with Crippen molar-refractivity contribution in [1.82, 2.24) is 10.2 Å². The summed E-state index contributed by atoms with van der Waals surface area (Å²) in [6.07, 6.45) is 61.7. The molecular weight excluding hydrogens is 649 g/mol. The number of fused-ring (bicyclic) bond motifs is 6. The molecule has 0 aromatic carbocycles. The fraction of sp³-hybridized carbons (Fsp3) is 0.429. The Morgan fingerprint density at radius 1 is 0.698 bits per heavy atom. The second-order valence-electron chi connectivity index (χ2n) is 17.1. The van der Waals surface area contributed by atoms with Gasteiger partial charge in [0.2, 0.25) is 0 Å². The minimum Gasteiger partial charge on any atom is -0.461 e. The molecule has 2 fully saturated rings. The van der Waals surface area contributed by atoms with Gasteiger partial charge >= 0.3 is 0 Å². The van der Waals surface area contributed by atoms with Gasteiger partial charge in [-0.15, -0.1) is 0 Å². The first-order valence-electron chi connectivity index (χ1n) is 20.7. The molecule has 7 aliphatic carbocycles. The van der Waals surface area contributed by atoms with Crippen LogP contribution in [0.5, 0.6) is 0 Å². The summed E-state index contributed by atoms with van der Waals surface area (Å²) >= 11 is 0. The van der Waals surface area contributed by atoms with E-state index in [1.165, 1.54) is 11.3 Å². The average molecular weight is 701 g/mol. The van der Waals surface area contributed by atoms with E-state index >= 15 is 0 Å². The molecule has 14 atom stereocenters. The van der Waals surface area contributed by atoms with Crippen molar-refractivity contribution in [3.8, 4) is 0 Å². The van der Waals surface area contributed by atoms with E-state index in [0.29, 0.717) is 71.4 Å². The second-order valence-corrected chi connectivity index (χ2v) is 17.1. The van der Waals surface area contributed by atoms with E-state index in [9.17, 15) is 0 Å². The highest BCUT2D eigenvalue weighted by Gasteiger charge is 2.55. The van der Waals surface area contributed by atoms with Gasteiger partial charge in [0, 0.05) is 53.8 Å². The molecule has 0 amide bonds. The van der Waals surface area contributed by atoms with Gasteiger partial charge in [0.15, 0.2) is 0 Å². The number of ether oxygens (including phenoxy) is 2. The van der Waals surface area contributed by atoms with Crippen molar-refractivity contribution in [2.75, 3.05) is 6.54 Å². The third kappa shape index (κ3) is 5.38. The van der Waals surface area contributed by atoms with Crippen LogP contribution in [0, 0.1) is 53.3 Å². The van der Waals surface area contributed by atoms with Gasteiger partial charge in [0.05, 0.1) is 24.3 Å². The first-order chi connectivity index (χ1) is 26.3. The van der Waals surface area contributed by atoms with E-state index in [1.807, 2.05) is 0 Å². The molecule has 11 rings (SSSR count). The lowest BCUT2D eigenvalue weighted by atomic mass is 9.55. The Morgan fingerprint density at radius 3 is 2.49 bits per heavy atom. The lowest BCUT2D eigenvalue weighted by molar-refractivity contribution is -0.128. The third-order valence-electron chi connectivity index (χ3n) is 14.5. The van der Waals surface area contributed by atoms with Crippen LogP contribution in [0.25, 0.3) is 0 Å². The number of hydrogen-bond donors (Lipinski definition) is 1. The Labute approximate surface area is 315 Å². The van der Waals surface area contributed by atoms with E-state index < -0.39 is 0 Å². The fourth-order valence-electron chi connectivity index (χ4n) is 12.3. The van der Waals surface area contributed by atoms with Crippen molar-refractivity contribution in [3.05, 3.63) is 168 Å². The summed E-state index contributed by atoms with van der Waals surface area (Å²) < 4.78 is 14.1. The van der Waals surface area contributed by atoms with Gasteiger partial charge in [-0.1, -0.05) is 122 Å². The molecule has 53 heavy (non-hydrogen) atoms. The Morgan fingerprint density at radius 2 is 1.58 bits per heavy atom. The van der Waals surface area contributed by atoms with Crippen LogP contribution in [0.15, 0.2) is 168 Å². The van der Waals surface area contributed by atoms with Crippen LogP contribution in [-0.4, -0.2) is 41.8 Å². The summed E-state index contributed by atoms with van der Waals surface area (Å²) in [6, 6.07) is 1.25. The van der Waals surface area contributed by atoms with Gasteiger partial charge in [0.1, 0.15) is 11.5 Å². The van der Waals surface area contributed by atoms with E-state index in [4.69, 9.17) is 9.47 Å².